The average Bonchev–Trinajstić information content (AvgIpc) is 3.21. The molecule has 1 aromatic rings. The minimum atomic E-state index is 0.0106. The molecule has 0 radical (unpaired) electrons. The molecule has 1 aromatic carbocycles. The summed E-state index contributed by atoms with van der Waals surface area (Å²) in [7, 11) is 0. The van der Waals surface area contributed by atoms with Gasteiger partial charge in [-0.15, -0.1) is 0 Å². The first-order valence-corrected chi connectivity index (χ1v) is 9.95. The Morgan fingerprint density at radius 3 is 2.71 bits per heavy atom. The number of anilines is 1. The summed E-state index contributed by atoms with van der Waals surface area (Å²) in [5.41, 5.74) is 1.77. The number of nitrogens with zero attached hydrogens (tertiary/aromatic N) is 1. The van der Waals surface area contributed by atoms with Crippen molar-refractivity contribution >= 4 is 23.2 Å². The minimum absolute atomic E-state index is 0.0106. The third-order valence-electron chi connectivity index (χ3n) is 6.32. The number of carbonyl (C=O) groups is 1. The van der Waals surface area contributed by atoms with Crippen molar-refractivity contribution in [2.75, 3.05) is 18.0 Å². The van der Waals surface area contributed by atoms with Gasteiger partial charge in [0.2, 0.25) is 0 Å². The van der Waals surface area contributed by atoms with Gasteiger partial charge in [0, 0.05) is 24.8 Å². The van der Waals surface area contributed by atoms with Crippen LogP contribution in [0.3, 0.4) is 0 Å². The van der Waals surface area contributed by atoms with Crippen LogP contribution in [0.5, 0.6) is 0 Å². The Kier molecular flexibility index (Phi) is 4.71. The molecule has 1 N–H and O–H groups in total. The first-order valence-electron chi connectivity index (χ1n) is 9.58. The van der Waals surface area contributed by atoms with Gasteiger partial charge in [-0.1, -0.05) is 24.4 Å². The number of amides is 1. The van der Waals surface area contributed by atoms with Gasteiger partial charge in [0.25, 0.3) is 5.91 Å². The van der Waals surface area contributed by atoms with E-state index in [2.05, 4.69) is 10.2 Å². The van der Waals surface area contributed by atoms with Crippen LogP contribution in [0.15, 0.2) is 18.2 Å². The van der Waals surface area contributed by atoms with E-state index in [0.717, 1.165) is 31.1 Å². The topological polar surface area (TPSA) is 32.3 Å². The molecule has 1 amide bonds. The van der Waals surface area contributed by atoms with Gasteiger partial charge in [-0.3, -0.25) is 4.79 Å². The molecular weight excluding hydrogens is 320 g/mol. The molecule has 24 heavy (non-hydrogen) atoms. The molecule has 0 bridgehead atoms. The van der Waals surface area contributed by atoms with E-state index in [1.54, 1.807) is 0 Å². The maximum atomic E-state index is 12.8. The van der Waals surface area contributed by atoms with E-state index in [0.29, 0.717) is 22.5 Å². The van der Waals surface area contributed by atoms with E-state index in [-0.39, 0.29) is 5.91 Å². The highest BCUT2D eigenvalue weighted by atomic mass is 35.5. The predicted octanol–water partition coefficient (Wildman–Crippen LogP) is 4.64. The zero-order valence-corrected chi connectivity index (χ0v) is 15.0. The van der Waals surface area contributed by atoms with Gasteiger partial charge in [0.15, 0.2) is 0 Å². The van der Waals surface area contributed by atoms with E-state index in [9.17, 15) is 4.79 Å². The maximum Gasteiger partial charge on any atom is 0.253 e. The molecule has 1 heterocycles. The largest absolute Gasteiger partial charge is 0.372 e. The van der Waals surface area contributed by atoms with Crippen molar-refractivity contribution in [3.05, 3.63) is 28.8 Å². The quantitative estimate of drug-likeness (QED) is 0.864. The van der Waals surface area contributed by atoms with Gasteiger partial charge >= 0.3 is 0 Å². The summed E-state index contributed by atoms with van der Waals surface area (Å²) in [5, 5.41) is 3.86. The molecule has 3 fully saturated rings. The Bertz CT molecular complexity index is 612. The zero-order valence-electron chi connectivity index (χ0n) is 14.3. The molecule has 0 spiro atoms. The molecule has 4 rings (SSSR count). The molecule has 4 heteroatoms. The van der Waals surface area contributed by atoms with Crippen LogP contribution in [-0.4, -0.2) is 25.0 Å². The van der Waals surface area contributed by atoms with Crippen molar-refractivity contribution < 1.29 is 4.79 Å². The summed E-state index contributed by atoms with van der Waals surface area (Å²) in [6, 6.07) is 6.27. The molecule has 0 unspecified atom stereocenters. The summed E-state index contributed by atoms with van der Waals surface area (Å²) < 4.78 is 0. The van der Waals surface area contributed by atoms with E-state index < -0.39 is 0 Å². The highest BCUT2D eigenvalue weighted by Gasteiger charge is 2.39. The Labute approximate surface area is 149 Å². The number of hydrogen-bond acceptors (Lipinski definition) is 2. The SMILES string of the molecule is O=C(N[C@H]1CC[C@@H]2CCC[C@@H]21)c1cc(N2CCCCC2)ccc1Cl. The van der Waals surface area contributed by atoms with Crippen LogP contribution in [0.25, 0.3) is 0 Å². The fraction of sp³-hybridized carbons (Fsp3) is 0.650. The Hall–Kier alpha value is -1.22. The molecule has 2 saturated carbocycles. The minimum Gasteiger partial charge on any atom is -0.372 e. The van der Waals surface area contributed by atoms with Crippen LogP contribution in [0.2, 0.25) is 5.02 Å². The van der Waals surface area contributed by atoms with Gasteiger partial charge in [0.1, 0.15) is 0 Å². The van der Waals surface area contributed by atoms with Crippen molar-refractivity contribution in [3.8, 4) is 0 Å². The molecule has 2 aliphatic carbocycles. The van der Waals surface area contributed by atoms with Gasteiger partial charge in [-0.25, -0.2) is 0 Å². The summed E-state index contributed by atoms with van der Waals surface area (Å²) in [5.74, 6) is 1.54. The van der Waals surface area contributed by atoms with Crippen LogP contribution in [0.1, 0.15) is 61.7 Å². The number of nitrogens with one attached hydrogen (secondary N) is 1. The predicted molar refractivity (Wildman–Crippen MR) is 98.8 cm³/mol. The Balaban J connectivity index is 1.49. The summed E-state index contributed by atoms with van der Waals surface area (Å²) in [6.07, 6.45) is 10.1. The Morgan fingerprint density at radius 1 is 1.04 bits per heavy atom. The second kappa shape index (κ2) is 6.95. The lowest BCUT2D eigenvalue weighted by molar-refractivity contribution is 0.0926. The van der Waals surface area contributed by atoms with Crippen molar-refractivity contribution in [1.82, 2.24) is 5.32 Å². The normalized spacial score (nSPS) is 29.5. The number of halogens is 1. The number of benzene rings is 1. The number of hydrogen-bond donors (Lipinski definition) is 1. The van der Waals surface area contributed by atoms with Crippen LogP contribution in [-0.2, 0) is 0 Å². The molecule has 130 valence electrons. The van der Waals surface area contributed by atoms with E-state index in [1.165, 1.54) is 44.9 Å². The lowest BCUT2D eigenvalue weighted by Crippen LogP contribution is -2.38. The average molecular weight is 347 g/mol. The summed E-state index contributed by atoms with van der Waals surface area (Å²) in [4.78, 5) is 15.2. The smallest absolute Gasteiger partial charge is 0.253 e. The van der Waals surface area contributed by atoms with Crippen molar-refractivity contribution in [3.63, 3.8) is 0 Å². The van der Waals surface area contributed by atoms with E-state index >= 15 is 0 Å². The lowest BCUT2D eigenvalue weighted by atomic mass is 9.97. The first-order chi connectivity index (χ1) is 11.7. The van der Waals surface area contributed by atoms with Crippen molar-refractivity contribution in [2.24, 2.45) is 11.8 Å². The third kappa shape index (κ3) is 3.15. The number of carbonyl (C=O) groups excluding carboxylic acids is 1. The van der Waals surface area contributed by atoms with Crippen molar-refractivity contribution in [2.45, 2.75) is 57.4 Å². The molecule has 3 nitrogen and oxygen atoms in total. The first kappa shape index (κ1) is 16.3. The number of piperidine rings is 1. The van der Waals surface area contributed by atoms with Gasteiger partial charge < -0.3 is 10.2 Å². The molecule has 0 aromatic heterocycles. The highest BCUT2D eigenvalue weighted by molar-refractivity contribution is 6.34. The van der Waals surface area contributed by atoms with Crippen molar-refractivity contribution in [1.29, 1.82) is 0 Å². The van der Waals surface area contributed by atoms with E-state index in [1.807, 2.05) is 18.2 Å². The van der Waals surface area contributed by atoms with Crippen LogP contribution >= 0.6 is 11.6 Å². The fourth-order valence-electron chi connectivity index (χ4n) is 5.02. The second-order valence-corrected chi connectivity index (χ2v) is 8.13. The molecule has 1 saturated heterocycles. The molecule has 3 atom stereocenters. The molecule has 3 aliphatic rings. The second-order valence-electron chi connectivity index (χ2n) is 7.72. The number of fused-ring (bicyclic) bond motifs is 1. The fourth-order valence-corrected chi connectivity index (χ4v) is 5.23. The standard InChI is InChI=1S/C20H27ClN2O/c21-18-9-8-15(23-11-2-1-3-12-23)13-17(18)20(24)22-19-10-7-14-5-4-6-16(14)19/h8-9,13-14,16,19H,1-7,10-12H2,(H,22,24)/t14-,16-,19-/m0/s1. The summed E-state index contributed by atoms with van der Waals surface area (Å²) >= 11 is 6.35. The van der Waals surface area contributed by atoms with Crippen LogP contribution in [0, 0.1) is 11.8 Å². The monoisotopic (exact) mass is 346 g/mol. The van der Waals surface area contributed by atoms with E-state index in [4.69, 9.17) is 11.6 Å². The lowest BCUT2D eigenvalue weighted by Gasteiger charge is -2.29. The number of rotatable bonds is 3. The van der Waals surface area contributed by atoms with Crippen LogP contribution in [0.4, 0.5) is 5.69 Å². The maximum absolute atomic E-state index is 12.8. The van der Waals surface area contributed by atoms with Gasteiger partial charge in [-0.05, 0) is 68.6 Å². The third-order valence-corrected chi connectivity index (χ3v) is 6.65. The highest BCUT2D eigenvalue weighted by Crippen LogP contribution is 2.44. The summed E-state index contributed by atoms with van der Waals surface area (Å²) in [6.45, 7) is 2.16. The van der Waals surface area contributed by atoms with Gasteiger partial charge in [0.05, 0.1) is 10.6 Å². The molecular formula is C20H27ClN2O. The molecule has 1 aliphatic heterocycles. The zero-order chi connectivity index (χ0) is 16.5. The van der Waals surface area contributed by atoms with Crippen LogP contribution < -0.4 is 10.2 Å². The Morgan fingerprint density at radius 2 is 1.88 bits per heavy atom. The van der Waals surface area contributed by atoms with Gasteiger partial charge in [-0.2, -0.15) is 0 Å².